The molecule has 10 aromatic rings. The quantitative estimate of drug-likeness (QED) is 0.0632. The second kappa shape index (κ2) is 31.4. The topological polar surface area (TPSA) is 365 Å². The second-order valence-electron chi connectivity index (χ2n) is 29.9. The van der Waals surface area contributed by atoms with E-state index in [4.69, 9.17) is 56.6 Å². The Morgan fingerprint density at radius 3 is 1.27 bits per heavy atom. The summed E-state index contributed by atoms with van der Waals surface area (Å²) >= 11 is 10.1. The highest BCUT2D eigenvalue weighted by Crippen LogP contribution is 2.51. The van der Waals surface area contributed by atoms with Gasteiger partial charge in [-0.1, -0.05) is 66.2 Å². The van der Waals surface area contributed by atoms with Gasteiger partial charge in [0.15, 0.2) is 22.8 Å². The molecule has 8 aliphatic heterocycles. The van der Waals surface area contributed by atoms with Crippen molar-refractivity contribution in [2.75, 3.05) is 47.4 Å². The Morgan fingerprint density at radius 2 is 0.875 bits per heavy atom. The molecule has 0 radical (unpaired) electrons. The van der Waals surface area contributed by atoms with Gasteiger partial charge < -0.3 is 51.2 Å². The first-order chi connectivity index (χ1) is 54.3. The molecule has 0 saturated carbocycles. The molecule has 4 saturated heterocycles. The molecule has 0 aliphatic carbocycles. The van der Waals surface area contributed by atoms with E-state index in [-0.39, 0.29) is 54.1 Å². The van der Waals surface area contributed by atoms with Crippen molar-refractivity contribution in [1.29, 1.82) is 5.26 Å². The van der Waals surface area contributed by atoms with Crippen molar-refractivity contribution in [3.8, 4) is 6.07 Å². The van der Waals surface area contributed by atoms with Crippen LogP contribution in [0.1, 0.15) is 167 Å². The van der Waals surface area contributed by atoms with Gasteiger partial charge in [-0.2, -0.15) is 25.7 Å². The number of hydrogen-bond acceptors (Lipinski definition) is 21. The first-order valence-corrected chi connectivity index (χ1v) is 37.9. The number of H-pyrrole nitrogens is 4. The van der Waals surface area contributed by atoms with Gasteiger partial charge in [0.05, 0.1) is 92.4 Å². The van der Waals surface area contributed by atoms with Gasteiger partial charge in [-0.25, -0.2) is 38.2 Å². The minimum absolute atomic E-state index is 0.140. The van der Waals surface area contributed by atoms with Crippen molar-refractivity contribution < 1.29 is 28.3 Å². The Kier molecular flexibility index (Phi) is 21.0. The van der Waals surface area contributed by atoms with Crippen molar-refractivity contribution in [2.24, 2.45) is 0 Å². The maximum atomic E-state index is 12.9. The van der Waals surface area contributed by atoms with Crippen LogP contribution in [0.4, 0.5) is 32.9 Å². The lowest BCUT2D eigenvalue weighted by Gasteiger charge is -2.34. The number of rotatable bonds is 8. The van der Waals surface area contributed by atoms with Crippen LogP contribution in [0.3, 0.4) is 0 Å². The summed E-state index contributed by atoms with van der Waals surface area (Å²) in [5, 5.41) is 75.0. The van der Waals surface area contributed by atoms with Gasteiger partial charge in [-0.05, 0) is 189 Å². The van der Waals surface area contributed by atoms with Crippen molar-refractivity contribution in [2.45, 2.75) is 152 Å². The van der Waals surface area contributed by atoms with Gasteiger partial charge in [0.2, 0.25) is 0 Å². The highest BCUT2D eigenvalue weighted by atomic mass is 79.9. The van der Waals surface area contributed by atoms with Crippen LogP contribution in [0.25, 0.3) is 41.4 Å². The number of carbonyl (C=O) groups excluding carboxylic acids is 2. The fraction of sp³-hybridized carbons (Fsp3) is 0.354. The number of amides is 2. The maximum Gasteiger partial charge on any atom is 0.410 e. The zero-order valence-electron chi connectivity index (χ0n) is 61.8. The number of benzene rings is 4. The third kappa shape index (κ3) is 14.4. The molecule has 14 heterocycles. The summed E-state index contributed by atoms with van der Waals surface area (Å²) in [5.74, 6) is 1.77. The number of likely N-dealkylation sites (tertiary alicyclic amines) is 2. The molecule has 0 spiro atoms. The summed E-state index contributed by atoms with van der Waals surface area (Å²) in [7, 11) is 0. The van der Waals surface area contributed by atoms with Crippen LogP contribution in [0.5, 0.6) is 0 Å². The zero-order valence-corrected chi connectivity index (χ0v) is 64.2. The predicted molar refractivity (Wildman–Crippen MR) is 419 cm³/mol. The van der Waals surface area contributed by atoms with E-state index in [0.717, 1.165) is 142 Å². The van der Waals surface area contributed by atoms with Gasteiger partial charge in [0.1, 0.15) is 62.6 Å². The summed E-state index contributed by atoms with van der Waals surface area (Å²) < 4.78 is 21.9. The molecule has 18 rings (SSSR count). The summed E-state index contributed by atoms with van der Waals surface area (Å²) in [5.41, 5.74) is 14.5. The number of carbonyl (C=O) groups is 2. The lowest BCUT2D eigenvalue weighted by atomic mass is 9.84. The van der Waals surface area contributed by atoms with Gasteiger partial charge in [0, 0.05) is 79.7 Å². The molecule has 31 nitrogen and oxygen atoms in total. The van der Waals surface area contributed by atoms with E-state index in [2.05, 4.69) is 135 Å². The number of aromatic amines is 4. The maximum absolute atomic E-state index is 12.9. The third-order valence-corrected chi connectivity index (χ3v) is 22.0. The Bertz CT molecular complexity index is 5640. The Hall–Kier alpha value is -12.6. The molecule has 33 heteroatoms. The minimum Gasteiger partial charge on any atom is -0.444 e. The molecule has 568 valence electrons. The summed E-state index contributed by atoms with van der Waals surface area (Å²) in [6.07, 6.45) is 13.5. The van der Waals surface area contributed by atoms with E-state index in [1.807, 2.05) is 114 Å². The number of nitrogens with zero attached hydrogens (tertiary/aromatic N) is 15. The number of aromatic nitrogens is 12. The molecule has 8 aliphatic rings. The largest absolute Gasteiger partial charge is 0.444 e. The minimum atomic E-state index is -0.601. The Labute approximate surface area is 656 Å². The van der Waals surface area contributed by atoms with E-state index in [9.17, 15) is 14.9 Å². The number of anilines is 4. The summed E-state index contributed by atoms with van der Waals surface area (Å²) in [6.45, 7) is 45.9. The molecule has 10 N–H and O–H groups in total. The monoisotopic (exact) mass is 1590 g/mol. The first kappa shape index (κ1) is 74.8. The van der Waals surface area contributed by atoms with Gasteiger partial charge >= 0.3 is 12.2 Å². The van der Waals surface area contributed by atoms with Crippen LogP contribution < -0.4 is 31.9 Å². The number of hydrogen-bond donors (Lipinski definition) is 10. The molecule has 8 atom stereocenters. The highest BCUT2D eigenvalue weighted by Gasteiger charge is 2.45. The fourth-order valence-corrected chi connectivity index (χ4v) is 16.9. The van der Waals surface area contributed by atoms with E-state index in [0.29, 0.717) is 85.7 Å². The third-order valence-electron chi connectivity index (χ3n) is 20.8. The number of nitrogens with one attached hydrogen (secondary N) is 10. The number of allylic oxidation sites excluding steroid dienone is 4. The Morgan fingerprint density at radius 1 is 0.500 bits per heavy atom. The SMILES string of the molecule is [C-]#[N+]C1=C(C2CCCN2)Nc2[nH]ncc2C1c1cccc(C#N)c1Br.[C-]#[N+]C1=C(C2CCCN2)Nc2[nH]ncc2C1c1cccc2nonc12.[C-]#[N+]C1=C(C2CCCN2C(=O)OC(C)(C)C)Nc2[nH]ncc2C1c1cccc2nonc12.[C-]#[N+]C1=C(C2CCCN2C(=O)OC(C)(C)C)Nc2[nH]ncc2C1c1ccccc1Cl. The molecule has 4 aromatic carbocycles. The van der Waals surface area contributed by atoms with Crippen LogP contribution in [-0.4, -0.2) is 145 Å². The zero-order chi connectivity index (χ0) is 78.1. The fourth-order valence-electron chi connectivity index (χ4n) is 16.0. The molecule has 6 aromatic heterocycles. The highest BCUT2D eigenvalue weighted by molar-refractivity contribution is 9.10. The van der Waals surface area contributed by atoms with Crippen molar-refractivity contribution >= 4 is 85.1 Å². The van der Waals surface area contributed by atoms with Crippen LogP contribution >= 0.6 is 27.5 Å². The first-order valence-electron chi connectivity index (χ1n) is 36.8. The standard InChI is InChI=1S/C22H24ClN5O2.C22H23N7O3.C18H15BrN6.C17H15N7O/c1-22(2,3)30-21(29)28-11-7-10-16(28)18-19(24-4)17(13-8-5-6-9-15(13)23)14-12-25-27-20(14)26-18;1-22(2,3)31-21(30)29-10-6-9-15(29)18-19(23-4)16(13-11-24-26-20(13)25-18)12-7-5-8-14-17(12)28-32-27-14;1-21-17-14(11-5-2-4-10(8-20)15(11)19)12-9-23-25-18(12)24-16(17)13-6-3-7-22-13;1-18-16-13(9-4-2-5-12-14(9)24-25-23-12)10-8-20-22-17(10)21-15(16)11-6-3-7-19-11/h5-6,8-9,12,16-17H,7,10-11H2,1-3H3,(H2,25,26,27);5,7-8,11,15-16H,6,9-10H2,1-3H3,(H2,24,25,26);2,4-5,9,13-14,22H,3,6-7H2,(H2,23,24,25);2,4-5,8,11,13,19H,3,6-7H2,(H2,20,21,22). The predicted octanol–water partition coefficient (Wildman–Crippen LogP) is 15.1. The van der Waals surface area contributed by atoms with Crippen molar-refractivity contribution in [1.82, 2.24) is 81.8 Å². The van der Waals surface area contributed by atoms with Crippen molar-refractivity contribution in [3.05, 3.63) is 254 Å². The molecular formula is C79H77BrClN25O6. The number of fused-ring (bicyclic) bond motifs is 6. The molecule has 2 amide bonds. The molecule has 8 unspecified atom stereocenters. The second-order valence-corrected chi connectivity index (χ2v) is 31.1. The Balaban J connectivity index is 0.000000119. The van der Waals surface area contributed by atoms with Crippen molar-refractivity contribution in [3.63, 3.8) is 0 Å². The van der Waals surface area contributed by atoms with Crippen LogP contribution in [-0.2, 0) is 9.47 Å². The lowest BCUT2D eigenvalue weighted by molar-refractivity contribution is 0.0238. The summed E-state index contributed by atoms with van der Waals surface area (Å²) in [6, 6.07) is 26.4. The van der Waals surface area contributed by atoms with Crippen LogP contribution in [0.2, 0.25) is 5.02 Å². The van der Waals surface area contributed by atoms with Gasteiger partial charge in [-0.3, -0.25) is 20.4 Å². The molecular weight excluding hydrogens is 1510 g/mol. The summed E-state index contributed by atoms with van der Waals surface area (Å²) in [4.78, 5) is 44.8. The molecule has 4 fully saturated rings. The van der Waals surface area contributed by atoms with Gasteiger partial charge in [0.25, 0.3) is 0 Å². The van der Waals surface area contributed by atoms with Crippen LogP contribution in [0.15, 0.2) is 163 Å². The van der Waals surface area contributed by atoms with Gasteiger partial charge in [-0.15, -0.1) is 0 Å². The normalized spacial score (nSPS) is 21.6. The average molecular weight is 1590 g/mol. The molecule has 112 heavy (non-hydrogen) atoms. The number of halogens is 2. The van der Waals surface area contributed by atoms with Crippen LogP contribution in [0, 0.1) is 37.6 Å². The van der Waals surface area contributed by atoms with E-state index >= 15 is 0 Å². The molecule has 0 bridgehead atoms. The van der Waals surface area contributed by atoms with E-state index in [1.165, 1.54) is 0 Å². The average Bonchev–Trinajstić information content (AvgIpc) is 1.47. The van der Waals surface area contributed by atoms with E-state index < -0.39 is 17.1 Å². The number of ether oxygens (including phenoxy) is 2. The lowest BCUT2D eigenvalue weighted by Crippen LogP contribution is -2.42. The smallest absolute Gasteiger partial charge is 0.410 e. The number of nitriles is 1. The van der Waals surface area contributed by atoms with E-state index in [1.54, 1.807) is 40.7 Å².